The van der Waals surface area contributed by atoms with Crippen LogP contribution in [0.5, 0.6) is 0 Å². The van der Waals surface area contributed by atoms with E-state index in [4.69, 9.17) is 14.2 Å². The molecule has 0 aromatic heterocycles. The van der Waals surface area contributed by atoms with E-state index in [1.54, 1.807) is 0 Å². The van der Waals surface area contributed by atoms with Crippen molar-refractivity contribution in [1.82, 2.24) is 0 Å². The first kappa shape index (κ1) is 63.4. The van der Waals surface area contributed by atoms with Gasteiger partial charge in [-0.15, -0.1) is 0 Å². The standard InChI is InChI=1S/C59H114O6/c1-6-8-9-10-11-27-36-41-46-51-59(62)65-56(53-64-58(61)50-45-40-35-31-26-22-18-19-23-28-32-37-42-47-54(3)4)52-63-57(60)49-44-39-34-30-25-21-17-15-13-12-14-16-20-24-29-33-38-43-48-55(5)7-2/h54-56H,6-53H2,1-5H3/t55?,56-/m0/s1. The highest BCUT2D eigenvalue weighted by molar-refractivity contribution is 5.71. The Morgan fingerprint density at radius 3 is 0.877 bits per heavy atom. The average Bonchev–Trinajstić information content (AvgIpc) is 3.29. The predicted octanol–water partition coefficient (Wildman–Crippen LogP) is 19.3. The largest absolute Gasteiger partial charge is 0.462 e. The molecule has 0 saturated heterocycles. The van der Waals surface area contributed by atoms with Gasteiger partial charge in [0, 0.05) is 19.3 Å². The maximum atomic E-state index is 12.8. The van der Waals surface area contributed by atoms with Gasteiger partial charge in [0.2, 0.25) is 0 Å². The number of carbonyl (C=O) groups excluding carboxylic acids is 3. The molecule has 0 spiro atoms. The van der Waals surface area contributed by atoms with E-state index >= 15 is 0 Å². The molecule has 386 valence electrons. The summed E-state index contributed by atoms with van der Waals surface area (Å²) in [5.41, 5.74) is 0. The molecule has 0 fully saturated rings. The molecule has 0 radical (unpaired) electrons. The van der Waals surface area contributed by atoms with E-state index in [2.05, 4.69) is 34.6 Å². The molecule has 0 aromatic carbocycles. The highest BCUT2D eigenvalue weighted by Crippen LogP contribution is 2.19. The van der Waals surface area contributed by atoms with Crippen molar-refractivity contribution in [2.45, 2.75) is 336 Å². The molecule has 65 heavy (non-hydrogen) atoms. The summed E-state index contributed by atoms with van der Waals surface area (Å²) in [5, 5.41) is 0. The maximum absolute atomic E-state index is 12.8. The van der Waals surface area contributed by atoms with Crippen LogP contribution in [-0.2, 0) is 28.6 Å². The van der Waals surface area contributed by atoms with Crippen molar-refractivity contribution in [2.24, 2.45) is 11.8 Å². The zero-order chi connectivity index (χ0) is 47.5. The van der Waals surface area contributed by atoms with E-state index in [9.17, 15) is 14.4 Å². The number of hydrogen-bond donors (Lipinski definition) is 0. The van der Waals surface area contributed by atoms with Gasteiger partial charge in [-0.05, 0) is 31.1 Å². The number of rotatable bonds is 53. The van der Waals surface area contributed by atoms with E-state index in [0.717, 1.165) is 69.6 Å². The number of ether oxygens (including phenoxy) is 3. The molecule has 1 unspecified atom stereocenters. The average molecular weight is 920 g/mol. The Labute approximate surface area is 406 Å². The van der Waals surface area contributed by atoms with Crippen LogP contribution >= 0.6 is 0 Å². The zero-order valence-electron chi connectivity index (χ0n) is 44.6. The predicted molar refractivity (Wildman–Crippen MR) is 280 cm³/mol. The van der Waals surface area contributed by atoms with Gasteiger partial charge < -0.3 is 14.2 Å². The van der Waals surface area contributed by atoms with Gasteiger partial charge in [0.25, 0.3) is 0 Å². The van der Waals surface area contributed by atoms with Crippen LogP contribution in [0.15, 0.2) is 0 Å². The van der Waals surface area contributed by atoms with Crippen molar-refractivity contribution in [3.63, 3.8) is 0 Å². The van der Waals surface area contributed by atoms with Crippen molar-refractivity contribution < 1.29 is 28.6 Å². The topological polar surface area (TPSA) is 78.9 Å². The Bertz CT molecular complexity index is 995. The number of carbonyl (C=O) groups is 3. The summed E-state index contributed by atoms with van der Waals surface area (Å²) in [6.45, 7) is 11.4. The van der Waals surface area contributed by atoms with Crippen molar-refractivity contribution in [3.8, 4) is 0 Å². The van der Waals surface area contributed by atoms with Gasteiger partial charge in [-0.1, -0.05) is 291 Å². The Morgan fingerprint density at radius 2 is 0.585 bits per heavy atom. The second-order valence-electron chi connectivity index (χ2n) is 21.0. The van der Waals surface area contributed by atoms with Crippen molar-refractivity contribution >= 4 is 17.9 Å². The molecule has 6 nitrogen and oxygen atoms in total. The second kappa shape index (κ2) is 51.8. The molecule has 0 heterocycles. The van der Waals surface area contributed by atoms with Gasteiger partial charge in [-0.3, -0.25) is 14.4 Å². The summed E-state index contributed by atoms with van der Waals surface area (Å²) >= 11 is 0. The SMILES string of the molecule is CCCCCCCCCCCC(=O)O[C@@H](COC(=O)CCCCCCCCCCCCCCCCCCCCC(C)CC)COC(=O)CCCCCCCCCCCCCCCC(C)C. The molecule has 0 bridgehead atoms. The quantitative estimate of drug-likeness (QED) is 0.0344. The molecule has 0 rings (SSSR count). The van der Waals surface area contributed by atoms with Gasteiger partial charge >= 0.3 is 17.9 Å². The molecule has 0 amide bonds. The first-order valence-corrected chi connectivity index (χ1v) is 29.3. The smallest absolute Gasteiger partial charge is 0.306 e. The van der Waals surface area contributed by atoms with Crippen LogP contribution in [0.4, 0.5) is 0 Å². The molecule has 0 aliphatic rings. The van der Waals surface area contributed by atoms with E-state index in [0.29, 0.717) is 19.3 Å². The van der Waals surface area contributed by atoms with Crippen LogP contribution < -0.4 is 0 Å². The fourth-order valence-electron chi connectivity index (χ4n) is 9.02. The molecule has 0 aliphatic carbocycles. The molecule has 2 atom stereocenters. The third kappa shape index (κ3) is 51.6. The third-order valence-electron chi connectivity index (χ3n) is 13.8. The van der Waals surface area contributed by atoms with Gasteiger partial charge in [-0.25, -0.2) is 0 Å². The summed E-state index contributed by atoms with van der Waals surface area (Å²) in [6, 6.07) is 0. The highest BCUT2D eigenvalue weighted by Gasteiger charge is 2.19. The van der Waals surface area contributed by atoms with Gasteiger partial charge in [0.1, 0.15) is 13.2 Å². The first-order chi connectivity index (χ1) is 31.8. The van der Waals surface area contributed by atoms with E-state index in [-0.39, 0.29) is 31.1 Å². The fourth-order valence-corrected chi connectivity index (χ4v) is 9.02. The van der Waals surface area contributed by atoms with Gasteiger partial charge in [0.15, 0.2) is 6.10 Å². The molecule has 0 N–H and O–H groups in total. The van der Waals surface area contributed by atoms with Gasteiger partial charge in [0.05, 0.1) is 0 Å². The summed E-state index contributed by atoms with van der Waals surface area (Å²) in [7, 11) is 0. The third-order valence-corrected chi connectivity index (χ3v) is 13.8. The number of unbranched alkanes of at least 4 members (excludes halogenated alkanes) is 37. The first-order valence-electron chi connectivity index (χ1n) is 29.3. The zero-order valence-corrected chi connectivity index (χ0v) is 44.6. The van der Waals surface area contributed by atoms with Crippen LogP contribution in [0.3, 0.4) is 0 Å². The lowest BCUT2D eigenvalue weighted by atomic mass is 9.99. The summed E-state index contributed by atoms with van der Waals surface area (Å²) in [6.07, 6.45) is 55.3. The second-order valence-corrected chi connectivity index (χ2v) is 21.0. The van der Waals surface area contributed by atoms with Crippen LogP contribution in [-0.4, -0.2) is 37.2 Å². The molecule has 0 aliphatic heterocycles. The van der Waals surface area contributed by atoms with E-state index in [1.165, 1.54) is 218 Å². The minimum absolute atomic E-state index is 0.0628. The lowest BCUT2D eigenvalue weighted by molar-refractivity contribution is -0.167. The van der Waals surface area contributed by atoms with Crippen LogP contribution in [0.2, 0.25) is 0 Å². The Morgan fingerprint density at radius 1 is 0.323 bits per heavy atom. The van der Waals surface area contributed by atoms with Crippen LogP contribution in [0.1, 0.15) is 330 Å². The van der Waals surface area contributed by atoms with Crippen molar-refractivity contribution in [3.05, 3.63) is 0 Å². The molecule has 6 heteroatoms. The minimum atomic E-state index is -0.761. The lowest BCUT2D eigenvalue weighted by Gasteiger charge is -2.18. The van der Waals surface area contributed by atoms with E-state index in [1.807, 2.05) is 0 Å². The summed E-state index contributed by atoms with van der Waals surface area (Å²) in [5.74, 6) is 0.907. The molecular formula is C59H114O6. The Balaban J connectivity index is 4.15. The molecule has 0 saturated carbocycles. The van der Waals surface area contributed by atoms with Gasteiger partial charge in [-0.2, -0.15) is 0 Å². The summed E-state index contributed by atoms with van der Waals surface area (Å²) < 4.78 is 16.8. The summed E-state index contributed by atoms with van der Waals surface area (Å²) in [4.78, 5) is 38.0. The van der Waals surface area contributed by atoms with Crippen LogP contribution in [0, 0.1) is 11.8 Å². The maximum Gasteiger partial charge on any atom is 0.306 e. The normalized spacial score (nSPS) is 12.5. The van der Waals surface area contributed by atoms with Crippen molar-refractivity contribution in [2.75, 3.05) is 13.2 Å². The highest BCUT2D eigenvalue weighted by atomic mass is 16.6. The van der Waals surface area contributed by atoms with Crippen molar-refractivity contribution in [1.29, 1.82) is 0 Å². The monoisotopic (exact) mass is 919 g/mol. The molecule has 0 aromatic rings. The number of hydrogen-bond acceptors (Lipinski definition) is 6. The Hall–Kier alpha value is -1.59. The lowest BCUT2D eigenvalue weighted by Crippen LogP contribution is -2.30. The van der Waals surface area contributed by atoms with Crippen LogP contribution in [0.25, 0.3) is 0 Å². The minimum Gasteiger partial charge on any atom is -0.462 e. The van der Waals surface area contributed by atoms with E-state index < -0.39 is 6.10 Å². The fraction of sp³-hybridized carbons (Fsp3) is 0.949. The molecular weight excluding hydrogens is 805 g/mol. The number of esters is 3. The Kier molecular flexibility index (Phi) is 50.5.